The van der Waals surface area contributed by atoms with Crippen LogP contribution < -0.4 is 15.4 Å². The van der Waals surface area contributed by atoms with Gasteiger partial charge in [-0.05, 0) is 68.3 Å². The lowest BCUT2D eigenvalue weighted by Gasteiger charge is -2.24. The number of alkyl halides is 3. The van der Waals surface area contributed by atoms with Gasteiger partial charge in [-0.25, -0.2) is 0 Å². The van der Waals surface area contributed by atoms with Gasteiger partial charge in [0.15, 0.2) is 0 Å². The van der Waals surface area contributed by atoms with Crippen molar-refractivity contribution in [2.45, 2.75) is 38.0 Å². The van der Waals surface area contributed by atoms with Crippen molar-refractivity contribution < 1.29 is 22.7 Å². The molecular formula is C17H21F3N2O2. The summed E-state index contributed by atoms with van der Waals surface area (Å²) in [6.45, 7) is 2.17. The minimum atomic E-state index is -4.82. The highest BCUT2D eigenvalue weighted by Gasteiger charge is 2.33. The van der Waals surface area contributed by atoms with Gasteiger partial charge in [-0.15, -0.1) is 13.2 Å². The van der Waals surface area contributed by atoms with E-state index < -0.39 is 18.0 Å². The first-order valence-corrected chi connectivity index (χ1v) is 8.31. The van der Waals surface area contributed by atoms with Gasteiger partial charge in [0.1, 0.15) is 5.75 Å². The number of piperidine rings is 1. The quantitative estimate of drug-likeness (QED) is 0.864. The number of nitrogens with one attached hydrogen (secondary N) is 2. The molecule has 1 aromatic rings. The van der Waals surface area contributed by atoms with Crippen molar-refractivity contribution in [1.82, 2.24) is 10.6 Å². The molecule has 0 spiro atoms. The number of hydrogen-bond donors (Lipinski definition) is 2. The Bertz CT molecular complexity index is 594. The highest BCUT2D eigenvalue weighted by Crippen LogP contribution is 2.33. The number of rotatable bonds is 5. The van der Waals surface area contributed by atoms with Gasteiger partial charge in [0.25, 0.3) is 5.91 Å². The Kier molecular flexibility index (Phi) is 4.99. The minimum absolute atomic E-state index is 0.0642. The Hall–Kier alpha value is -1.76. The number of amides is 1. The number of hydrogen-bond acceptors (Lipinski definition) is 3. The zero-order chi connectivity index (χ0) is 17.2. The Balaban J connectivity index is 1.81. The maximum absolute atomic E-state index is 12.7. The lowest BCUT2D eigenvalue weighted by molar-refractivity contribution is -0.274. The van der Waals surface area contributed by atoms with Crippen molar-refractivity contribution in [3.05, 3.63) is 29.3 Å². The van der Waals surface area contributed by atoms with Gasteiger partial charge in [-0.3, -0.25) is 4.79 Å². The first-order chi connectivity index (χ1) is 11.4. The fourth-order valence-electron chi connectivity index (χ4n) is 3.00. The fourth-order valence-corrected chi connectivity index (χ4v) is 3.00. The van der Waals surface area contributed by atoms with E-state index in [0.29, 0.717) is 12.5 Å². The smallest absolute Gasteiger partial charge is 0.405 e. The first kappa shape index (κ1) is 17.1. The largest absolute Gasteiger partial charge is 0.573 e. The van der Waals surface area contributed by atoms with E-state index in [4.69, 9.17) is 0 Å². The van der Waals surface area contributed by atoms with Crippen LogP contribution in [0.4, 0.5) is 13.2 Å². The Morgan fingerprint density at radius 1 is 1.21 bits per heavy atom. The predicted molar refractivity (Wildman–Crippen MR) is 83.0 cm³/mol. The maximum Gasteiger partial charge on any atom is 0.573 e. The van der Waals surface area contributed by atoms with Crippen LogP contribution in [0.15, 0.2) is 18.2 Å². The SMILES string of the molecule is O=C(NCC1CC1)c1ccc(C2CCNCC2)cc1OC(F)(F)F. The highest BCUT2D eigenvalue weighted by molar-refractivity contribution is 5.97. The van der Waals surface area contributed by atoms with Crippen molar-refractivity contribution in [3.63, 3.8) is 0 Å². The second-order valence-corrected chi connectivity index (χ2v) is 6.48. The van der Waals surface area contributed by atoms with Crippen LogP contribution in [0.1, 0.15) is 47.5 Å². The van der Waals surface area contributed by atoms with Gasteiger partial charge >= 0.3 is 6.36 Å². The molecular weight excluding hydrogens is 321 g/mol. The molecule has 2 aliphatic rings. The molecule has 132 valence electrons. The van der Waals surface area contributed by atoms with Gasteiger partial charge < -0.3 is 15.4 Å². The Morgan fingerprint density at radius 3 is 2.54 bits per heavy atom. The highest BCUT2D eigenvalue weighted by atomic mass is 19.4. The van der Waals surface area contributed by atoms with Gasteiger partial charge in [0.05, 0.1) is 5.56 Å². The van der Waals surface area contributed by atoms with Crippen molar-refractivity contribution in [2.75, 3.05) is 19.6 Å². The third-order valence-electron chi connectivity index (χ3n) is 4.53. The van der Waals surface area contributed by atoms with Crippen LogP contribution >= 0.6 is 0 Å². The lowest BCUT2D eigenvalue weighted by Crippen LogP contribution is -2.28. The zero-order valence-corrected chi connectivity index (χ0v) is 13.3. The van der Waals surface area contributed by atoms with E-state index >= 15 is 0 Å². The van der Waals surface area contributed by atoms with Gasteiger partial charge in [-0.2, -0.15) is 0 Å². The molecule has 0 bridgehead atoms. The molecule has 1 saturated heterocycles. The normalized spacial score (nSPS) is 19.1. The molecule has 1 amide bonds. The van der Waals surface area contributed by atoms with E-state index in [1.807, 2.05) is 0 Å². The van der Waals surface area contributed by atoms with Crippen LogP contribution in [0.3, 0.4) is 0 Å². The monoisotopic (exact) mass is 342 g/mol. The molecule has 0 aromatic heterocycles. The predicted octanol–water partition coefficient (Wildman–Crippen LogP) is 3.19. The number of carbonyl (C=O) groups excluding carboxylic acids is 1. The number of ether oxygens (including phenoxy) is 1. The molecule has 2 N–H and O–H groups in total. The van der Waals surface area contributed by atoms with Crippen LogP contribution in [0.25, 0.3) is 0 Å². The average molecular weight is 342 g/mol. The summed E-state index contributed by atoms with van der Waals surface area (Å²) < 4.78 is 42.3. The second kappa shape index (κ2) is 7.01. The van der Waals surface area contributed by atoms with Crippen molar-refractivity contribution in [2.24, 2.45) is 5.92 Å². The molecule has 3 rings (SSSR count). The van der Waals surface area contributed by atoms with Gasteiger partial charge in [0.2, 0.25) is 0 Å². The Labute approximate surface area is 138 Å². The summed E-state index contributed by atoms with van der Waals surface area (Å²) in [6.07, 6.45) is -0.989. The molecule has 7 heteroatoms. The number of halogens is 3. The van der Waals surface area contributed by atoms with Crippen LogP contribution in [-0.2, 0) is 0 Å². The molecule has 24 heavy (non-hydrogen) atoms. The molecule has 4 nitrogen and oxygen atoms in total. The van der Waals surface area contributed by atoms with Crippen LogP contribution in [0.5, 0.6) is 5.75 Å². The number of carbonyl (C=O) groups is 1. The average Bonchev–Trinajstić information content (AvgIpc) is 3.36. The number of benzene rings is 1. The van der Waals surface area contributed by atoms with Crippen molar-refractivity contribution in [1.29, 1.82) is 0 Å². The molecule has 0 radical (unpaired) electrons. The molecule has 1 aliphatic carbocycles. The second-order valence-electron chi connectivity index (χ2n) is 6.48. The molecule has 1 aliphatic heterocycles. The van der Waals surface area contributed by atoms with Crippen LogP contribution in [0.2, 0.25) is 0 Å². The summed E-state index contributed by atoms with van der Waals surface area (Å²) in [5, 5.41) is 5.91. The molecule has 1 heterocycles. The van der Waals surface area contributed by atoms with E-state index in [9.17, 15) is 18.0 Å². The third-order valence-corrected chi connectivity index (χ3v) is 4.53. The topological polar surface area (TPSA) is 50.4 Å². The minimum Gasteiger partial charge on any atom is -0.405 e. The van der Waals surface area contributed by atoms with E-state index in [2.05, 4.69) is 15.4 Å². The standard InChI is InChI=1S/C17H21F3N2O2/c18-17(19,20)24-15-9-13(12-5-7-21-8-6-12)3-4-14(15)16(23)22-10-11-1-2-11/h3-4,9,11-12,21H,1-2,5-8,10H2,(H,22,23). The Morgan fingerprint density at radius 2 is 1.92 bits per heavy atom. The maximum atomic E-state index is 12.7. The van der Waals surface area contributed by atoms with E-state index in [0.717, 1.165) is 44.3 Å². The summed E-state index contributed by atoms with van der Waals surface area (Å²) in [5.41, 5.74) is 0.722. The van der Waals surface area contributed by atoms with E-state index in [-0.39, 0.29) is 11.5 Å². The fraction of sp³-hybridized carbons (Fsp3) is 0.588. The third kappa shape index (κ3) is 4.63. The van der Waals surface area contributed by atoms with Crippen LogP contribution in [0, 0.1) is 5.92 Å². The molecule has 0 unspecified atom stereocenters. The molecule has 0 atom stereocenters. The van der Waals surface area contributed by atoms with Crippen molar-refractivity contribution in [3.8, 4) is 5.75 Å². The summed E-state index contributed by atoms with van der Waals surface area (Å²) in [7, 11) is 0. The lowest BCUT2D eigenvalue weighted by atomic mass is 9.89. The van der Waals surface area contributed by atoms with Crippen LogP contribution in [-0.4, -0.2) is 31.9 Å². The molecule has 2 fully saturated rings. The van der Waals surface area contributed by atoms with E-state index in [1.165, 1.54) is 12.1 Å². The summed E-state index contributed by atoms with van der Waals surface area (Å²) in [5.74, 6) is -0.287. The zero-order valence-electron chi connectivity index (χ0n) is 13.3. The van der Waals surface area contributed by atoms with E-state index in [1.54, 1.807) is 6.07 Å². The summed E-state index contributed by atoms with van der Waals surface area (Å²) >= 11 is 0. The summed E-state index contributed by atoms with van der Waals surface area (Å²) in [4.78, 5) is 12.2. The van der Waals surface area contributed by atoms with Gasteiger partial charge in [0, 0.05) is 6.54 Å². The summed E-state index contributed by atoms with van der Waals surface area (Å²) in [6, 6.07) is 4.56. The molecule has 1 saturated carbocycles. The van der Waals surface area contributed by atoms with Gasteiger partial charge in [-0.1, -0.05) is 6.07 Å². The molecule has 1 aromatic carbocycles. The first-order valence-electron chi connectivity index (χ1n) is 8.31. The van der Waals surface area contributed by atoms with Crippen molar-refractivity contribution >= 4 is 5.91 Å².